The van der Waals surface area contributed by atoms with E-state index in [1.165, 1.54) is 9.13 Å². The highest BCUT2D eigenvalue weighted by atomic mass is 127. The first-order chi connectivity index (χ1) is 13.1. The van der Waals surface area contributed by atoms with E-state index >= 15 is 0 Å². The third kappa shape index (κ3) is 3.33. The Labute approximate surface area is 171 Å². The van der Waals surface area contributed by atoms with Crippen molar-refractivity contribution >= 4 is 50.3 Å². The van der Waals surface area contributed by atoms with Gasteiger partial charge in [-0.05, 0) is 64.0 Å². The Kier molecular flexibility index (Phi) is 4.88. The Morgan fingerprint density at radius 2 is 1.78 bits per heavy atom. The number of nitrogens with zero attached hydrogens (tertiary/aromatic N) is 1. The highest BCUT2D eigenvalue weighted by Crippen LogP contribution is 2.33. The van der Waals surface area contributed by atoms with Gasteiger partial charge in [0.15, 0.2) is 0 Å². The van der Waals surface area contributed by atoms with E-state index in [9.17, 15) is 4.79 Å². The predicted molar refractivity (Wildman–Crippen MR) is 117 cm³/mol. The number of benzene rings is 3. The topological polar surface area (TPSA) is 57.2 Å². The highest BCUT2D eigenvalue weighted by Gasteiger charge is 2.17. The molecule has 0 fully saturated rings. The summed E-state index contributed by atoms with van der Waals surface area (Å²) >= 11 is 2.31. The molecule has 2 N–H and O–H groups in total. The molecule has 0 radical (unpaired) electrons. The number of hydrogen-bond acceptors (Lipinski definition) is 2. The van der Waals surface area contributed by atoms with Crippen molar-refractivity contribution in [3.63, 3.8) is 0 Å². The van der Waals surface area contributed by atoms with Gasteiger partial charge in [0, 0.05) is 39.1 Å². The summed E-state index contributed by atoms with van der Waals surface area (Å²) in [6, 6.07) is 20.4. The molecule has 27 heavy (non-hydrogen) atoms. The van der Waals surface area contributed by atoms with Crippen molar-refractivity contribution in [3.8, 4) is 0 Å². The number of rotatable bonds is 5. The van der Waals surface area contributed by atoms with Gasteiger partial charge < -0.3 is 15.0 Å². The number of primary amides is 1. The SMILES string of the molecule is COCc1ccc2c3c(C(N)=O)cccc3n(Cc3ccc(I)cc3)c2c1. The quantitative estimate of drug-likeness (QED) is 0.431. The third-order valence-corrected chi connectivity index (χ3v) is 5.51. The number of hydrogen-bond donors (Lipinski definition) is 1. The summed E-state index contributed by atoms with van der Waals surface area (Å²) in [7, 11) is 1.69. The predicted octanol–water partition coefficient (Wildman–Crippen LogP) is 4.69. The standard InChI is InChI=1S/C22H19IN2O2/c1-27-13-15-7-10-17-20(11-15)25(12-14-5-8-16(23)9-6-14)19-4-2-3-18(21(17)19)22(24)26/h2-11H,12-13H2,1H3,(H2,24,26). The van der Waals surface area contributed by atoms with Gasteiger partial charge in [0.05, 0.1) is 12.1 Å². The van der Waals surface area contributed by atoms with Gasteiger partial charge in [0.25, 0.3) is 0 Å². The fourth-order valence-electron chi connectivity index (χ4n) is 3.59. The zero-order valence-electron chi connectivity index (χ0n) is 14.9. The number of ether oxygens (including phenoxy) is 1. The van der Waals surface area contributed by atoms with Gasteiger partial charge >= 0.3 is 0 Å². The molecule has 0 atom stereocenters. The molecule has 1 amide bonds. The zero-order chi connectivity index (χ0) is 19.0. The molecule has 4 nitrogen and oxygen atoms in total. The zero-order valence-corrected chi connectivity index (χ0v) is 17.1. The fourth-order valence-corrected chi connectivity index (χ4v) is 3.95. The van der Waals surface area contributed by atoms with Crippen LogP contribution in [0, 0.1) is 3.57 Å². The van der Waals surface area contributed by atoms with Gasteiger partial charge in [-0.1, -0.05) is 30.3 Å². The first-order valence-electron chi connectivity index (χ1n) is 8.65. The van der Waals surface area contributed by atoms with Gasteiger partial charge in [-0.3, -0.25) is 4.79 Å². The fraction of sp³-hybridized carbons (Fsp3) is 0.136. The summed E-state index contributed by atoms with van der Waals surface area (Å²) in [6.45, 7) is 1.26. The molecule has 0 spiro atoms. The maximum absolute atomic E-state index is 12.0. The minimum atomic E-state index is -0.408. The second-order valence-electron chi connectivity index (χ2n) is 6.56. The molecule has 1 heterocycles. The van der Waals surface area contributed by atoms with Gasteiger partial charge in [0.2, 0.25) is 5.91 Å². The summed E-state index contributed by atoms with van der Waals surface area (Å²) in [6.07, 6.45) is 0. The lowest BCUT2D eigenvalue weighted by Gasteiger charge is -2.09. The number of nitrogens with two attached hydrogens (primary N) is 1. The van der Waals surface area contributed by atoms with Crippen LogP contribution in [0.3, 0.4) is 0 Å². The molecule has 0 bridgehead atoms. The number of amides is 1. The van der Waals surface area contributed by atoms with Crippen LogP contribution < -0.4 is 5.73 Å². The Balaban J connectivity index is 2.00. The number of fused-ring (bicyclic) bond motifs is 3. The number of methoxy groups -OCH3 is 1. The van der Waals surface area contributed by atoms with Crippen LogP contribution in [0.1, 0.15) is 21.5 Å². The molecule has 0 aliphatic rings. The van der Waals surface area contributed by atoms with Crippen LogP contribution >= 0.6 is 22.6 Å². The Morgan fingerprint density at radius 3 is 2.48 bits per heavy atom. The van der Waals surface area contributed by atoms with Crippen LogP contribution in [0.15, 0.2) is 60.7 Å². The Morgan fingerprint density at radius 1 is 1.04 bits per heavy atom. The second-order valence-corrected chi connectivity index (χ2v) is 7.81. The Bertz CT molecular complexity index is 1150. The van der Waals surface area contributed by atoms with E-state index in [-0.39, 0.29) is 0 Å². The Hall–Kier alpha value is -2.38. The van der Waals surface area contributed by atoms with Gasteiger partial charge in [-0.15, -0.1) is 0 Å². The number of carbonyl (C=O) groups excluding carboxylic acids is 1. The molecule has 0 saturated heterocycles. The van der Waals surface area contributed by atoms with Gasteiger partial charge in [-0.25, -0.2) is 0 Å². The minimum Gasteiger partial charge on any atom is -0.380 e. The molecule has 0 aliphatic carbocycles. The van der Waals surface area contributed by atoms with Crippen LogP contribution in [-0.4, -0.2) is 17.6 Å². The number of carbonyl (C=O) groups is 1. The van der Waals surface area contributed by atoms with Crippen molar-refractivity contribution in [1.82, 2.24) is 4.57 Å². The lowest BCUT2D eigenvalue weighted by atomic mass is 10.0. The normalized spacial score (nSPS) is 11.3. The van der Waals surface area contributed by atoms with Crippen molar-refractivity contribution in [2.75, 3.05) is 7.11 Å². The molecule has 136 valence electrons. The molecule has 4 aromatic rings. The number of aromatic nitrogens is 1. The lowest BCUT2D eigenvalue weighted by molar-refractivity contribution is 0.100. The van der Waals surface area contributed by atoms with Crippen LogP contribution in [0.2, 0.25) is 0 Å². The van der Waals surface area contributed by atoms with Crippen molar-refractivity contribution in [2.24, 2.45) is 5.73 Å². The maximum Gasteiger partial charge on any atom is 0.249 e. The largest absolute Gasteiger partial charge is 0.380 e. The first kappa shape index (κ1) is 18.0. The molecule has 5 heteroatoms. The summed E-state index contributed by atoms with van der Waals surface area (Å²) in [5.74, 6) is -0.408. The van der Waals surface area contributed by atoms with E-state index in [0.29, 0.717) is 12.2 Å². The molecule has 0 aliphatic heterocycles. The average molecular weight is 470 g/mol. The van der Waals surface area contributed by atoms with Crippen LogP contribution in [0.4, 0.5) is 0 Å². The van der Waals surface area contributed by atoms with Gasteiger partial charge in [-0.2, -0.15) is 0 Å². The van der Waals surface area contributed by atoms with Gasteiger partial charge in [0.1, 0.15) is 0 Å². The van der Waals surface area contributed by atoms with E-state index in [1.54, 1.807) is 13.2 Å². The molecular formula is C22H19IN2O2. The van der Waals surface area contributed by atoms with E-state index in [2.05, 4.69) is 63.6 Å². The summed E-state index contributed by atoms with van der Waals surface area (Å²) in [5, 5.41) is 1.94. The van der Waals surface area contributed by atoms with Crippen LogP contribution in [-0.2, 0) is 17.9 Å². The van der Waals surface area contributed by atoms with Crippen molar-refractivity contribution in [2.45, 2.75) is 13.2 Å². The highest BCUT2D eigenvalue weighted by molar-refractivity contribution is 14.1. The summed E-state index contributed by atoms with van der Waals surface area (Å²) < 4.78 is 8.75. The maximum atomic E-state index is 12.0. The molecule has 0 saturated carbocycles. The molecule has 1 aromatic heterocycles. The lowest BCUT2D eigenvalue weighted by Crippen LogP contribution is -2.11. The van der Waals surface area contributed by atoms with Crippen molar-refractivity contribution < 1.29 is 9.53 Å². The smallest absolute Gasteiger partial charge is 0.249 e. The molecular weight excluding hydrogens is 451 g/mol. The molecule has 3 aromatic carbocycles. The minimum absolute atomic E-state index is 0.408. The molecule has 0 unspecified atom stereocenters. The van der Waals surface area contributed by atoms with Crippen LogP contribution in [0.5, 0.6) is 0 Å². The van der Waals surface area contributed by atoms with Crippen molar-refractivity contribution in [1.29, 1.82) is 0 Å². The second kappa shape index (κ2) is 7.32. The third-order valence-electron chi connectivity index (χ3n) is 4.79. The monoisotopic (exact) mass is 470 g/mol. The first-order valence-corrected chi connectivity index (χ1v) is 9.73. The van der Waals surface area contributed by atoms with E-state index in [0.717, 1.165) is 33.9 Å². The summed E-state index contributed by atoms with van der Waals surface area (Å²) in [4.78, 5) is 12.0. The average Bonchev–Trinajstić information content (AvgIpc) is 2.97. The van der Waals surface area contributed by atoms with Crippen molar-refractivity contribution in [3.05, 3.63) is 80.9 Å². The summed E-state index contributed by atoms with van der Waals surface area (Å²) in [5.41, 5.74) is 10.6. The van der Waals surface area contributed by atoms with E-state index in [1.807, 2.05) is 18.2 Å². The van der Waals surface area contributed by atoms with E-state index < -0.39 is 5.91 Å². The molecule has 4 rings (SSSR count). The number of halogens is 1. The van der Waals surface area contributed by atoms with E-state index in [4.69, 9.17) is 10.5 Å². The van der Waals surface area contributed by atoms with Crippen LogP contribution in [0.25, 0.3) is 21.8 Å².